The first kappa shape index (κ1) is 16.8. The van der Waals surface area contributed by atoms with Gasteiger partial charge in [-0.3, -0.25) is 9.59 Å². The van der Waals surface area contributed by atoms with Crippen molar-refractivity contribution in [2.75, 3.05) is 0 Å². The van der Waals surface area contributed by atoms with Gasteiger partial charge in [0.05, 0.1) is 0 Å². The van der Waals surface area contributed by atoms with Gasteiger partial charge in [-0.15, -0.1) is 0 Å². The summed E-state index contributed by atoms with van der Waals surface area (Å²) >= 11 is 0. The van der Waals surface area contributed by atoms with Gasteiger partial charge < -0.3 is 4.74 Å². The molecule has 0 spiro atoms. The number of aryl methyl sites for hydroxylation is 1. The molecule has 26 heavy (non-hydrogen) atoms. The van der Waals surface area contributed by atoms with Gasteiger partial charge in [-0.25, -0.2) is 0 Å². The molecule has 0 aromatic heterocycles. The van der Waals surface area contributed by atoms with Crippen LogP contribution in [-0.4, -0.2) is 11.8 Å². The summed E-state index contributed by atoms with van der Waals surface area (Å²) in [6, 6.07) is 17.3. The number of Topliss-reactive ketones (excluding diaryl/α,β-unsaturated/α-hetero) is 1. The second-order valence-electron chi connectivity index (χ2n) is 7.13. The SMILES string of the molecule is O=C(OCc1ccccc1)[C@]1([C@H]2C=CCC2)CCc2ccccc2C1=O. The van der Waals surface area contributed by atoms with Crippen LogP contribution < -0.4 is 0 Å². The second-order valence-corrected chi connectivity index (χ2v) is 7.13. The van der Waals surface area contributed by atoms with Crippen molar-refractivity contribution in [1.29, 1.82) is 0 Å². The van der Waals surface area contributed by atoms with E-state index in [9.17, 15) is 9.59 Å². The number of benzene rings is 2. The summed E-state index contributed by atoms with van der Waals surface area (Å²) in [5, 5.41) is 0. The number of carbonyl (C=O) groups is 2. The maximum atomic E-state index is 13.4. The molecule has 0 unspecified atom stereocenters. The predicted octanol–water partition coefficient (Wildman–Crippen LogP) is 4.51. The molecule has 4 rings (SSSR count). The number of ketones is 1. The number of allylic oxidation sites excluding steroid dienone is 2. The van der Waals surface area contributed by atoms with Crippen LogP contribution in [0, 0.1) is 11.3 Å². The number of esters is 1. The van der Waals surface area contributed by atoms with Gasteiger partial charge in [0.15, 0.2) is 5.78 Å². The fraction of sp³-hybridized carbons (Fsp3) is 0.304. The van der Waals surface area contributed by atoms with Gasteiger partial charge >= 0.3 is 5.97 Å². The van der Waals surface area contributed by atoms with Crippen molar-refractivity contribution in [2.45, 2.75) is 32.3 Å². The third-order valence-corrected chi connectivity index (χ3v) is 5.68. The van der Waals surface area contributed by atoms with E-state index in [2.05, 4.69) is 6.08 Å². The van der Waals surface area contributed by atoms with Crippen molar-refractivity contribution >= 4 is 11.8 Å². The first-order chi connectivity index (χ1) is 12.7. The van der Waals surface area contributed by atoms with Crippen LogP contribution in [-0.2, 0) is 22.6 Å². The minimum absolute atomic E-state index is 0.0750. The van der Waals surface area contributed by atoms with E-state index in [1.807, 2.05) is 60.7 Å². The Morgan fingerprint density at radius 1 is 1.08 bits per heavy atom. The average molecular weight is 346 g/mol. The van der Waals surface area contributed by atoms with Gasteiger partial charge in [0, 0.05) is 11.5 Å². The summed E-state index contributed by atoms with van der Waals surface area (Å²) in [5.74, 6) is -0.530. The fourth-order valence-corrected chi connectivity index (χ4v) is 4.24. The lowest BCUT2D eigenvalue weighted by Crippen LogP contribution is -2.48. The van der Waals surface area contributed by atoms with Gasteiger partial charge in [0.25, 0.3) is 0 Å². The first-order valence-electron chi connectivity index (χ1n) is 9.22. The zero-order valence-electron chi connectivity index (χ0n) is 14.7. The molecule has 0 heterocycles. The molecule has 0 saturated carbocycles. The molecule has 0 bridgehead atoms. The van der Waals surface area contributed by atoms with Crippen LogP contribution in [0.4, 0.5) is 0 Å². The summed E-state index contributed by atoms with van der Waals surface area (Å²) in [6.45, 7) is 0.201. The Morgan fingerprint density at radius 3 is 2.62 bits per heavy atom. The Labute approximate surface area is 153 Å². The second kappa shape index (κ2) is 6.91. The standard InChI is InChI=1S/C23H22O3/c24-21-20-13-7-4-10-18(20)14-15-23(21,19-11-5-6-12-19)22(25)26-16-17-8-2-1-3-9-17/h1-5,7-11,13,19H,6,12,14-16H2/t19-,23-/m0/s1. The van der Waals surface area contributed by atoms with Gasteiger partial charge in [-0.2, -0.15) is 0 Å². The molecule has 3 nitrogen and oxygen atoms in total. The highest BCUT2D eigenvalue weighted by Crippen LogP contribution is 2.46. The largest absolute Gasteiger partial charge is 0.460 e. The average Bonchev–Trinajstić information content (AvgIpc) is 3.23. The van der Waals surface area contributed by atoms with Crippen molar-refractivity contribution in [3.8, 4) is 0 Å². The fourth-order valence-electron chi connectivity index (χ4n) is 4.24. The molecule has 0 amide bonds. The lowest BCUT2D eigenvalue weighted by molar-refractivity contribution is -0.157. The van der Waals surface area contributed by atoms with E-state index in [4.69, 9.17) is 4.74 Å². The van der Waals surface area contributed by atoms with Crippen molar-refractivity contribution in [3.05, 3.63) is 83.4 Å². The molecular weight excluding hydrogens is 324 g/mol. The normalized spacial score (nSPS) is 24.3. The molecule has 2 aliphatic rings. The maximum absolute atomic E-state index is 13.4. The Morgan fingerprint density at radius 2 is 1.85 bits per heavy atom. The van der Waals surface area contributed by atoms with E-state index < -0.39 is 5.41 Å². The molecule has 0 radical (unpaired) electrons. The van der Waals surface area contributed by atoms with E-state index in [1.54, 1.807) is 0 Å². The number of ether oxygens (including phenoxy) is 1. The molecule has 0 saturated heterocycles. The molecule has 2 aliphatic carbocycles. The van der Waals surface area contributed by atoms with Crippen molar-refractivity contribution < 1.29 is 14.3 Å². The van der Waals surface area contributed by atoms with Gasteiger partial charge in [0.2, 0.25) is 0 Å². The molecule has 2 aromatic carbocycles. The summed E-state index contributed by atoms with van der Waals surface area (Å²) in [4.78, 5) is 26.7. The topological polar surface area (TPSA) is 43.4 Å². The van der Waals surface area contributed by atoms with Crippen LogP contribution in [0.3, 0.4) is 0 Å². The van der Waals surface area contributed by atoms with Crippen LogP contribution in [0.25, 0.3) is 0 Å². The van der Waals surface area contributed by atoms with Crippen molar-refractivity contribution in [1.82, 2.24) is 0 Å². The zero-order chi connectivity index (χ0) is 18.0. The Hall–Kier alpha value is -2.68. The number of fused-ring (bicyclic) bond motifs is 1. The summed E-state index contributed by atoms with van der Waals surface area (Å²) in [6.07, 6.45) is 7.10. The highest BCUT2D eigenvalue weighted by Gasteiger charge is 2.54. The Kier molecular flexibility index (Phi) is 4.46. The highest BCUT2D eigenvalue weighted by molar-refractivity contribution is 6.14. The van der Waals surface area contributed by atoms with Gasteiger partial charge in [0.1, 0.15) is 12.0 Å². The molecule has 3 heteroatoms. The minimum Gasteiger partial charge on any atom is -0.460 e. The van der Waals surface area contributed by atoms with E-state index >= 15 is 0 Å². The number of hydrogen-bond acceptors (Lipinski definition) is 3. The van der Waals surface area contributed by atoms with E-state index in [0.29, 0.717) is 12.0 Å². The van der Waals surface area contributed by atoms with Crippen LogP contribution in [0.1, 0.15) is 40.7 Å². The Balaban J connectivity index is 1.65. The number of rotatable bonds is 4. The van der Waals surface area contributed by atoms with Crippen LogP contribution in [0.15, 0.2) is 66.7 Å². The van der Waals surface area contributed by atoms with Gasteiger partial charge in [-0.1, -0.05) is 66.7 Å². The summed E-state index contributed by atoms with van der Waals surface area (Å²) in [5.41, 5.74) is 1.55. The van der Waals surface area contributed by atoms with E-state index in [-0.39, 0.29) is 24.3 Å². The lowest BCUT2D eigenvalue weighted by atomic mass is 9.63. The van der Waals surface area contributed by atoms with Crippen LogP contribution >= 0.6 is 0 Å². The monoisotopic (exact) mass is 346 g/mol. The van der Waals surface area contributed by atoms with Crippen LogP contribution in [0.5, 0.6) is 0 Å². The highest BCUT2D eigenvalue weighted by atomic mass is 16.5. The zero-order valence-corrected chi connectivity index (χ0v) is 14.7. The molecule has 0 aliphatic heterocycles. The molecular formula is C23H22O3. The number of carbonyl (C=O) groups excluding carboxylic acids is 2. The number of hydrogen-bond donors (Lipinski definition) is 0. The maximum Gasteiger partial charge on any atom is 0.320 e. The Bertz CT molecular complexity index is 853. The predicted molar refractivity (Wildman–Crippen MR) is 99.6 cm³/mol. The summed E-state index contributed by atoms with van der Waals surface area (Å²) in [7, 11) is 0. The quantitative estimate of drug-likeness (QED) is 0.465. The molecule has 2 aromatic rings. The van der Waals surface area contributed by atoms with Crippen molar-refractivity contribution in [2.24, 2.45) is 11.3 Å². The van der Waals surface area contributed by atoms with E-state index in [1.165, 1.54) is 0 Å². The first-order valence-corrected chi connectivity index (χ1v) is 9.22. The minimum atomic E-state index is -1.09. The summed E-state index contributed by atoms with van der Waals surface area (Å²) < 4.78 is 5.68. The third-order valence-electron chi connectivity index (χ3n) is 5.68. The third kappa shape index (κ3) is 2.78. The van der Waals surface area contributed by atoms with Crippen molar-refractivity contribution in [3.63, 3.8) is 0 Å². The molecule has 132 valence electrons. The molecule has 0 fully saturated rings. The van der Waals surface area contributed by atoms with Crippen LogP contribution in [0.2, 0.25) is 0 Å². The molecule has 0 N–H and O–H groups in total. The smallest absolute Gasteiger partial charge is 0.320 e. The molecule has 2 atom stereocenters. The lowest BCUT2D eigenvalue weighted by Gasteiger charge is -2.38. The van der Waals surface area contributed by atoms with Gasteiger partial charge in [-0.05, 0) is 36.8 Å². The van der Waals surface area contributed by atoms with E-state index in [0.717, 1.165) is 30.4 Å².